The molecule has 0 amide bonds. The van der Waals surface area contributed by atoms with Crippen LogP contribution in [-0.2, 0) is 16.0 Å². The second kappa shape index (κ2) is 10.2. The predicted octanol–water partition coefficient (Wildman–Crippen LogP) is 6.44. The zero-order valence-corrected chi connectivity index (χ0v) is 18.6. The summed E-state index contributed by atoms with van der Waals surface area (Å²) >= 11 is 0. The van der Waals surface area contributed by atoms with Crippen LogP contribution in [0.3, 0.4) is 0 Å². The fourth-order valence-corrected chi connectivity index (χ4v) is 5.32. The number of rotatable bonds is 6. The SMILES string of the molecule is CC.CCC(CC)CC1C(C)C2=C(C(=O)CC(=O)C2C)C1Cc1ccccc1. The molecule has 2 heteroatoms. The van der Waals surface area contributed by atoms with Gasteiger partial charge in [0.05, 0.1) is 6.42 Å². The summed E-state index contributed by atoms with van der Waals surface area (Å²) in [5.74, 6) is 1.91. The Morgan fingerprint density at radius 1 is 1.00 bits per heavy atom. The number of ketones is 2. The predicted molar refractivity (Wildman–Crippen MR) is 117 cm³/mol. The van der Waals surface area contributed by atoms with Crippen molar-refractivity contribution in [1.29, 1.82) is 0 Å². The molecule has 0 N–H and O–H groups in total. The molecule has 0 bridgehead atoms. The third kappa shape index (κ3) is 4.47. The zero-order valence-electron chi connectivity index (χ0n) is 18.6. The smallest absolute Gasteiger partial charge is 0.166 e. The van der Waals surface area contributed by atoms with Gasteiger partial charge in [-0.25, -0.2) is 0 Å². The van der Waals surface area contributed by atoms with Crippen LogP contribution >= 0.6 is 0 Å². The van der Waals surface area contributed by atoms with Crippen molar-refractivity contribution in [2.45, 2.75) is 73.6 Å². The third-order valence-corrected chi connectivity index (χ3v) is 6.97. The highest BCUT2D eigenvalue weighted by atomic mass is 16.1. The molecule has 154 valence electrons. The van der Waals surface area contributed by atoms with E-state index in [0.717, 1.165) is 18.4 Å². The van der Waals surface area contributed by atoms with Crippen molar-refractivity contribution in [2.24, 2.45) is 29.6 Å². The highest BCUT2D eigenvalue weighted by Crippen LogP contribution is 2.51. The van der Waals surface area contributed by atoms with Crippen molar-refractivity contribution < 1.29 is 9.59 Å². The van der Waals surface area contributed by atoms with Crippen LogP contribution < -0.4 is 0 Å². The maximum absolute atomic E-state index is 12.9. The van der Waals surface area contributed by atoms with Crippen molar-refractivity contribution in [3.8, 4) is 0 Å². The molecule has 0 radical (unpaired) electrons. The minimum atomic E-state index is -0.0809. The van der Waals surface area contributed by atoms with Crippen LogP contribution in [0.25, 0.3) is 0 Å². The van der Waals surface area contributed by atoms with E-state index >= 15 is 0 Å². The van der Waals surface area contributed by atoms with Crippen molar-refractivity contribution >= 4 is 11.6 Å². The maximum atomic E-state index is 12.9. The van der Waals surface area contributed by atoms with Gasteiger partial charge >= 0.3 is 0 Å². The normalized spacial score (nSPS) is 27.0. The zero-order chi connectivity index (χ0) is 20.8. The van der Waals surface area contributed by atoms with Gasteiger partial charge in [0.1, 0.15) is 5.78 Å². The molecule has 0 aromatic heterocycles. The van der Waals surface area contributed by atoms with E-state index in [-0.39, 0.29) is 29.8 Å². The van der Waals surface area contributed by atoms with Crippen LogP contribution in [0.5, 0.6) is 0 Å². The lowest BCUT2D eigenvalue weighted by atomic mass is 9.75. The lowest BCUT2D eigenvalue weighted by molar-refractivity contribution is -0.128. The van der Waals surface area contributed by atoms with E-state index in [0.29, 0.717) is 17.8 Å². The quantitative estimate of drug-likeness (QED) is 0.531. The summed E-state index contributed by atoms with van der Waals surface area (Å²) in [6.45, 7) is 12.8. The number of hydrogen-bond donors (Lipinski definition) is 0. The first-order valence-electron chi connectivity index (χ1n) is 11.3. The minimum absolute atomic E-state index is 0.0809. The molecule has 0 saturated carbocycles. The minimum Gasteiger partial charge on any atom is -0.299 e. The molecule has 4 atom stereocenters. The molecule has 0 aliphatic heterocycles. The van der Waals surface area contributed by atoms with Gasteiger partial charge in [-0.1, -0.05) is 84.7 Å². The van der Waals surface area contributed by atoms with Crippen LogP contribution in [0.4, 0.5) is 0 Å². The lowest BCUT2D eigenvalue weighted by Crippen LogP contribution is -2.28. The van der Waals surface area contributed by atoms with Crippen molar-refractivity contribution in [1.82, 2.24) is 0 Å². The highest BCUT2D eigenvalue weighted by molar-refractivity contribution is 6.13. The summed E-state index contributed by atoms with van der Waals surface area (Å²) in [5, 5.41) is 0. The number of hydrogen-bond acceptors (Lipinski definition) is 2. The van der Waals surface area contributed by atoms with E-state index in [1.807, 2.05) is 26.8 Å². The van der Waals surface area contributed by atoms with Gasteiger partial charge in [0, 0.05) is 5.92 Å². The largest absolute Gasteiger partial charge is 0.299 e. The van der Waals surface area contributed by atoms with Crippen molar-refractivity contribution in [3.63, 3.8) is 0 Å². The Hall–Kier alpha value is -1.70. The average molecular weight is 383 g/mol. The van der Waals surface area contributed by atoms with Crippen LogP contribution in [-0.4, -0.2) is 11.6 Å². The van der Waals surface area contributed by atoms with Crippen molar-refractivity contribution in [3.05, 3.63) is 47.0 Å². The second-order valence-electron chi connectivity index (χ2n) is 8.32. The second-order valence-corrected chi connectivity index (χ2v) is 8.32. The summed E-state index contributed by atoms with van der Waals surface area (Å²) < 4.78 is 0. The van der Waals surface area contributed by atoms with E-state index in [2.05, 4.69) is 45.0 Å². The lowest BCUT2D eigenvalue weighted by Gasteiger charge is -2.29. The molecular weight excluding hydrogens is 344 g/mol. The number of carbonyl (C=O) groups is 2. The van der Waals surface area contributed by atoms with Gasteiger partial charge in [-0.15, -0.1) is 0 Å². The Bertz CT molecular complexity index is 696. The Labute approximate surface area is 171 Å². The Balaban J connectivity index is 0.00000136. The van der Waals surface area contributed by atoms with Gasteiger partial charge in [-0.05, 0) is 53.2 Å². The molecule has 2 aliphatic rings. The van der Waals surface area contributed by atoms with Crippen LogP contribution in [0.1, 0.15) is 72.8 Å². The molecule has 0 heterocycles. The Kier molecular flexibility index (Phi) is 8.22. The summed E-state index contributed by atoms with van der Waals surface area (Å²) in [6, 6.07) is 10.5. The third-order valence-electron chi connectivity index (χ3n) is 6.97. The number of benzene rings is 1. The maximum Gasteiger partial charge on any atom is 0.166 e. The summed E-state index contributed by atoms with van der Waals surface area (Å²) in [4.78, 5) is 25.2. The van der Waals surface area contributed by atoms with E-state index < -0.39 is 0 Å². The molecule has 28 heavy (non-hydrogen) atoms. The van der Waals surface area contributed by atoms with Crippen LogP contribution in [0.15, 0.2) is 41.5 Å². The first-order chi connectivity index (χ1) is 13.5. The molecule has 1 aromatic rings. The number of carbonyl (C=O) groups excluding carboxylic acids is 2. The fourth-order valence-electron chi connectivity index (χ4n) is 5.32. The van der Waals surface area contributed by atoms with Gasteiger partial charge in [0.15, 0.2) is 5.78 Å². The number of Topliss-reactive ketones (excluding diaryl/α,β-unsaturated/α-hetero) is 2. The van der Waals surface area contributed by atoms with Gasteiger partial charge in [-0.3, -0.25) is 9.59 Å². The summed E-state index contributed by atoms with van der Waals surface area (Å²) in [6.07, 6.45) is 4.56. The first kappa shape index (κ1) is 22.6. The monoisotopic (exact) mass is 382 g/mol. The van der Waals surface area contributed by atoms with Crippen LogP contribution in [0, 0.1) is 29.6 Å². The molecule has 2 aliphatic carbocycles. The first-order valence-corrected chi connectivity index (χ1v) is 11.3. The molecule has 3 rings (SSSR count). The summed E-state index contributed by atoms with van der Waals surface area (Å²) in [7, 11) is 0. The average Bonchev–Trinajstić information content (AvgIpc) is 2.98. The van der Waals surface area contributed by atoms with E-state index in [4.69, 9.17) is 0 Å². The standard InChI is InChI=1S/C24H32O2.C2H6/c1-5-17(6-2)12-19-15(3)23-16(4)21(25)14-22(26)24(23)20(19)13-18-10-8-7-9-11-18;1-2/h7-11,15-17,19-20H,5-6,12-14H2,1-4H3;1-2H3. The van der Waals surface area contributed by atoms with Gasteiger partial charge in [0.2, 0.25) is 0 Å². The van der Waals surface area contributed by atoms with Gasteiger partial charge < -0.3 is 0 Å². The molecule has 0 saturated heterocycles. The van der Waals surface area contributed by atoms with Crippen LogP contribution in [0.2, 0.25) is 0 Å². The fraction of sp³-hybridized carbons (Fsp3) is 0.615. The van der Waals surface area contributed by atoms with E-state index in [1.165, 1.54) is 24.0 Å². The van der Waals surface area contributed by atoms with E-state index in [1.54, 1.807) is 0 Å². The molecule has 0 fully saturated rings. The Morgan fingerprint density at radius 2 is 1.61 bits per heavy atom. The molecule has 1 aromatic carbocycles. The Morgan fingerprint density at radius 3 is 2.18 bits per heavy atom. The molecular formula is C26H38O2. The highest BCUT2D eigenvalue weighted by Gasteiger charge is 2.48. The van der Waals surface area contributed by atoms with Crippen molar-refractivity contribution in [2.75, 3.05) is 0 Å². The summed E-state index contributed by atoms with van der Waals surface area (Å²) in [5.41, 5.74) is 3.48. The van der Waals surface area contributed by atoms with Gasteiger partial charge in [0.25, 0.3) is 0 Å². The van der Waals surface area contributed by atoms with Gasteiger partial charge in [-0.2, -0.15) is 0 Å². The molecule has 0 spiro atoms. The number of allylic oxidation sites excluding steroid dienone is 2. The topological polar surface area (TPSA) is 34.1 Å². The molecule has 4 unspecified atom stereocenters. The molecule has 2 nitrogen and oxygen atoms in total. The van der Waals surface area contributed by atoms with E-state index in [9.17, 15) is 9.59 Å².